The van der Waals surface area contributed by atoms with Crippen LogP contribution < -0.4 is 10.6 Å². The fraction of sp³-hybridized carbons (Fsp3) is 0.941. The minimum atomic E-state index is -0.127. The number of carbonyl (C=O) groups excluding carboxylic acids is 1. The highest BCUT2D eigenvalue weighted by atomic mass is 16.5. The molecule has 0 aromatic carbocycles. The summed E-state index contributed by atoms with van der Waals surface area (Å²) in [6.45, 7) is 2.34. The summed E-state index contributed by atoms with van der Waals surface area (Å²) >= 11 is 0. The minimum Gasteiger partial charge on any atom is -0.385 e. The molecular formula is C17H32N2O2. The third kappa shape index (κ3) is 4.96. The van der Waals surface area contributed by atoms with Crippen molar-refractivity contribution in [3.05, 3.63) is 0 Å². The second kappa shape index (κ2) is 8.74. The van der Waals surface area contributed by atoms with Crippen molar-refractivity contribution in [1.29, 1.82) is 0 Å². The van der Waals surface area contributed by atoms with Gasteiger partial charge in [-0.05, 0) is 32.1 Å². The van der Waals surface area contributed by atoms with Crippen molar-refractivity contribution in [3.8, 4) is 0 Å². The van der Waals surface area contributed by atoms with Crippen LogP contribution in [0.1, 0.15) is 64.2 Å². The Bertz CT molecular complexity index is 308. The Kier molecular flexibility index (Phi) is 6.97. The second-order valence-corrected chi connectivity index (χ2v) is 6.78. The lowest BCUT2D eigenvalue weighted by molar-refractivity contribution is -0.137. The highest BCUT2D eigenvalue weighted by Gasteiger charge is 2.43. The van der Waals surface area contributed by atoms with E-state index >= 15 is 0 Å². The van der Waals surface area contributed by atoms with Gasteiger partial charge in [-0.3, -0.25) is 4.79 Å². The molecule has 4 nitrogen and oxygen atoms in total. The molecule has 2 saturated carbocycles. The van der Waals surface area contributed by atoms with Crippen LogP contribution in [-0.2, 0) is 9.53 Å². The number of nitrogens with one attached hydrogen (secondary N) is 2. The van der Waals surface area contributed by atoms with Gasteiger partial charge in [0, 0.05) is 32.8 Å². The molecule has 2 N–H and O–H groups in total. The van der Waals surface area contributed by atoms with Crippen molar-refractivity contribution in [1.82, 2.24) is 10.6 Å². The summed E-state index contributed by atoms with van der Waals surface area (Å²) in [5, 5.41) is 6.74. The van der Waals surface area contributed by atoms with Crippen molar-refractivity contribution in [2.45, 2.75) is 70.3 Å². The molecular weight excluding hydrogens is 264 g/mol. The molecule has 0 radical (unpaired) electrons. The van der Waals surface area contributed by atoms with Crippen LogP contribution in [-0.4, -0.2) is 38.8 Å². The molecule has 0 heterocycles. The zero-order chi connectivity index (χ0) is 15.0. The van der Waals surface area contributed by atoms with E-state index in [1.165, 1.54) is 44.9 Å². The largest absolute Gasteiger partial charge is 0.385 e. The van der Waals surface area contributed by atoms with E-state index in [9.17, 15) is 4.79 Å². The molecule has 122 valence electrons. The monoisotopic (exact) mass is 296 g/mol. The lowest BCUT2D eigenvalue weighted by Crippen LogP contribution is -2.48. The molecule has 0 bridgehead atoms. The Hall–Kier alpha value is -0.610. The summed E-state index contributed by atoms with van der Waals surface area (Å²) in [5.41, 5.74) is -0.127. The summed E-state index contributed by atoms with van der Waals surface area (Å²) in [6, 6.07) is 0.663. The first-order valence-corrected chi connectivity index (χ1v) is 8.77. The molecule has 0 saturated heterocycles. The van der Waals surface area contributed by atoms with Crippen molar-refractivity contribution in [2.75, 3.05) is 26.8 Å². The lowest BCUT2D eigenvalue weighted by Gasteiger charge is -2.40. The Morgan fingerprint density at radius 2 is 1.81 bits per heavy atom. The molecule has 1 amide bonds. The smallest absolute Gasteiger partial charge is 0.226 e. The first kappa shape index (κ1) is 16.8. The fourth-order valence-electron chi connectivity index (χ4n) is 3.61. The number of rotatable bonds is 8. The summed E-state index contributed by atoms with van der Waals surface area (Å²) in [7, 11) is 1.71. The number of methoxy groups -OCH3 is 1. The van der Waals surface area contributed by atoms with Gasteiger partial charge in [-0.25, -0.2) is 0 Å². The average Bonchev–Trinajstić information content (AvgIpc) is 2.71. The first-order chi connectivity index (χ1) is 10.3. The number of carbonyl (C=O) groups is 1. The van der Waals surface area contributed by atoms with Gasteiger partial charge >= 0.3 is 0 Å². The molecule has 0 aliphatic heterocycles. The minimum absolute atomic E-state index is 0.127. The normalized spacial score (nSPS) is 22.3. The summed E-state index contributed by atoms with van der Waals surface area (Å²) in [5.74, 6) is 0.244. The lowest BCUT2D eigenvalue weighted by atomic mass is 9.66. The molecule has 2 aliphatic carbocycles. The molecule has 0 aromatic rings. The Morgan fingerprint density at radius 1 is 1.10 bits per heavy atom. The van der Waals surface area contributed by atoms with E-state index in [-0.39, 0.29) is 11.3 Å². The van der Waals surface area contributed by atoms with E-state index in [4.69, 9.17) is 4.74 Å². The van der Waals surface area contributed by atoms with Gasteiger partial charge in [-0.15, -0.1) is 0 Å². The molecule has 2 rings (SSSR count). The van der Waals surface area contributed by atoms with E-state index in [2.05, 4.69) is 10.6 Å². The zero-order valence-corrected chi connectivity index (χ0v) is 13.6. The van der Waals surface area contributed by atoms with Gasteiger partial charge in [0.25, 0.3) is 0 Å². The van der Waals surface area contributed by atoms with Crippen LogP contribution in [0.15, 0.2) is 0 Å². The van der Waals surface area contributed by atoms with Crippen LogP contribution in [0.3, 0.4) is 0 Å². The molecule has 0 spiro atoms. The maximum atomic E-state index is 12.4. The van der Waals surface area contributed by atoms with Gasteiger partial charge in [0.15, 0.2) is 0 Å². The maximum absolute atomic E-state index is 12.4. The van der Waals surface area contributed by atoms with Crippen molar-refractivity contribution in [2.24, 2.45) is 5.41 Å². The van der Waals surface area contributed by atoms with Gasteiger partial charge in [0.1, 0.15) is 0 Å². The number of hydrogen-bond acceptors (Lipinski definition) is 3. The van der Waals surface area contributed by atoms with Gasteiger partial charge < -0.3 is 15.4 Å². The summed E-state index contributed by atoms with van der Waals surface area (Å²) in [4.78, 5) is 12.4. The Labute approximate surface area is 129 Å². The SMILES string of the molecule is COCCC1(C(=O)NCCNC2CCCCCC2)CCC1. The van der Waals surface area contributed by atoms with E-state index in [0.29, 0.717) is 12.6 Å². The number of amides is 1. The molecule has 0 unspecified atom stereocenters. The molecule has 21 heavy (non-hydrogen) atoms. The van der Waals surface area contributed by atoms with E-state index in [0.717, 1.165) is 32.4 Å². The van der Waals surface area contributed by atoms with Crippen LogP contribution in [0.4, 0.5) is 0 Å². The van der Waals surface area contributed by atoms with Crippen molar-refractivity contribution in [3.63, 3.8) is 0 Å². The van der Waals surface area contributed by atoms with Crippen LogP contribution >= 0.6 is 0 Å². The summed E-state index contributed by atoms with van der Waals surface area (Å²) < 4.78 is 5.15. The average molecular weight is 296 g/mol. The van der Waals surface area contributed by atoms with E-state index < -0.39 is 0 Å². The third-order valence-electron chi connectivity index (χ3n) is 5.28. The maximum Gasteiger partial charge on any atom is 0.226 e. The molecule has 4 heteroatoms. The molecule has 0 atom stereocenters. The predicted octanol–water partition coefficient (Wildman–Crippen LogP) is 2.62. The third-order valence-corrected chi connectivity index (χ3v) is 5.28. The van der Waals surface area contributed by atoms with Gasteiger partial charge in [0.2, 0.25) is 5.91 Å². The summed E-state index contributed by atoms with van der Waals surface area (Å²) in [6.07, 6.45) is 12.2. The first-order valence-electron chi connectivity index (χ1n) is 8.77. The van der Waals surface area contributed by atoms with E-state index in [1.54, 1.807) is 7.11 Å². The van der Waals surface area contributed by atoms with Crippen LogP contribution in [0, 0.1) is 5.41 Å². The molecule has 2 fully saturated rings. The molecule has 2 aliphatic rings. The second-order valence-electron chi connectivity index (χ2n) is 6.78. The van der Waals surface area contributed by atoms with Crippen molar-refractivity contribution < 1.29 is 9.53 Å². The van der Waals surface area contributed by atoms with Crippen molar-refractivity contribution >= 4 is 5.91 Å². The standard InChI is InChI=1S/C17H32N2O2/c1-21-14-11-17(9-6-10-17)16(20)19-13-12-18-15-7-4-2-3-5-8-15/h15,18H,2-14H2,1H3,(H,19,20). The Balaban J connectivity index is 1.62. The highest BCUT2D eigenvalue weighted by molar-refractivity contribution is 5.83. The van der Waals surface area contributed by atoms with Gasteiger partial charge in [-0.1, -0.05) is 32.1 Å². The predicted molar refractivity (Wildman–Crippen MR) is 85.3 cm³/mol. The number of hydrogen-bond donors (Lipinski definition) is 2. The van der Waals surface area contributed by atoms with Gasteiger partial charge in [-0.2, -0.15) is 0 Å². The van der Waals surface area contributed by atoms with Crippen LogP contribution in [0.2, 0.25) is 0 Å². The van der Waals surface area contributed by atoms with E-state index in [1.807, 2.05) is 0 Å². The fourth-order valence-corrected chi connectivity index (χ4v) is 3.61. The molecule has 0 aromatic heterocycles. The zero-order valence-electron chi connectivity index (χ0n) is 13.6. The Morgan fingerprint density at radius 3 is 2.38 bits per heavy atom. The number of ether oxygens (including phenoxy) is 1. The topological polar surface area (TPSA) is 50.4 Å². The van der Waals surface area contributed by atoms with Crippen LogP contribution in [0.25, 0.3) is 0 Å². The highest BCUT2D eigenvalue weighted by Crippen LogP contribution is 2.44. The van der Waals surface area contributed by atoms with Gasteiger partial charge in [0.05, 0.1) is 5.41 Å². The quantitative estimate of drug-likeness (QED) is 0.535. The van der Waals surface area contributed by atoms with Crippen LogP contribution in [0.5, 0.6) is 0 Å².